The van der Waals surface area contributed by atoms with Gasteiger partial charge >= 0.3 is 0 Å². The fourth-order valence-electron chi connectivity index (χ4n) is 3.84. The minimum Gasteiger partial charge on any atom is -0.481 e. The number of fused-ring (bicyclic) bond motifs is 1. The number of halogens is 1. The first-order valence-corrected chi connectivity index (χ1v) is 11.0. The molecule has 172 valence electrons. The lowest BCUT2D eigenvalue weighted by atomic mass is 10.1. The van der Waals surface area contributed by atoms with Gasteiger partial charge in [0.05, 0.1) is 0 Å². The van der Waals surface area contributed by atoms with Crippen molar-refractivity contribution in [2.75, 3.05) is 11.4 Å². The highest BCUT2D eigenvalue weighted by atomic mass is 19.1. The second-order valence-corrected chi connectivity index (χ2v) is 8.37. The number of ether oxygens (including phenoxy) is 1. The molecular formula is C25H27FN4O3. The molecule has 2 heterocycles. The van der Waals surface area contributed by atoms with Crippen molar-refractivity contribution < 1.29 is 13.9 Å². The molecule has 8 heteroatoms. The van der Waals surface area contributed by atoms with Gasteiger partial charge in [0.25, 0.3) is 11.5 Å². The number of amides is 1. The lowest BCUT2D eigenvalue weighted by molar-refractivity contribution is 0.0940. The third-order valence-corrected chi connectivity index (χ3v) is 5.67. The van der Waals surface area contributed by atoms with Crippen molar-refractivity contribution in [1.29, 1.82) is 0 Å². The zero-order valence-corrected chi connectivity index (χ0v) is 19.0. The van der Waals surface area contributed by atoms with Crippen LogP contribution in [0.5, 0.6) is 5.75 Å². The smallest absolute Gasteiger partial charge is 0.298 e. The zero-order chi connectivity index (χ0) is 23.5. The van der Waals surface area contributed by atoms with Crippen molar-refractivity contribution in [1.82, 2.24) is 14.9 Å². The van der Waals surface area contributed by atoms with Crippen LogP contribution in [0.2, 0.25) is 0 Å². The van der Waals surface area contributed by atoms with Crippen LogP contribution in [0.3, 0.4) is 0 Å². The van der Waals surface area contributed by atoms with Gasteiger partial charge in [-0.3, -0.25) is 14.2 Å². The normalized spacial score (nSPS) is 12.7. The van der Waals surface area contributed by atoms with Crippen molar-refractivity contribution in [3.05, 3.63) is 87.1 Å². The van der Waals surface area contributed by atoms with E-state index in [4.69, 9.17) is 4.74 Å². The summed E-state index contributed by atoms with van der Waals surface area (Å²) in [7, 11) is 0. The number of rotatable bonds is 7. The lowest BCUT2D eigenvalue weighted by Crippen LogP contribution is -2.33. The molecule has 1 aromatic heterocycles. The molecule has 0 fully saturated rings. The molecule has 3 aromatic rings. The predicted molar refractivity (Wildman–Crippen MR) is 124 cm³/mol. The number of nitrogens with zero attached hydrogens (tertiary/aromatic N) is 3. The number of benzene rings is 2. The van der Waals surface area contributed by atoms with E-state index >= 15 is 0 Å². The molecule has 7 nitrogen and oxygen atoms in total. The predicted octanol–water partition coefficient (Wildman–Crippen LogP) is 3.43. The summed E-state index contributed by atoms with van der Waals surface area (Å²) < 4.78 is 21.0. The molecule has 1 N–H and O–H groups in total. The lowest BCUT2D eigenvalue weighted by Gasteiger charge is -2.22. The van der Waals surface area contributed by atoms with Crippen molar-refractivity contribution >= 4 is 11.9 Å². The average Bonchev–Trinajstić information content (AvgIpc) is 3.24. The van der Waals surface area contributed by atoms with Gasteiger partial charge in [-0.05, 0) is 43.5 Å². The summed E-state index contributed by atoms with van der Waals surface area (Å²) in [6, 6.07) is 14.2. The second-order valence-electron chi connectivity index (χ2n) is 8.37. The SMILES string of the molecule is Cc1cc(CNC(=O)c2nc3n(c(=O)c2OCc2ccccc2)CCN3C(C)C)ccc1F. The molecule has 0 saturated carbocycles. The van der Waals surface area contributed by atoms with Gasteiger partial charge in [0.2, 0.25) is 11.7 Å². The number of carbonyl (C=O) groups excluding carboxylic acids is 1. The van der Waals surface area contributed by atoms with Gasteiger partial charge in [-0.1, -0.05) is 42.5 Å². The fourth-order valence-corrected chi connectivity index (χ4v) is 3.84. The molecule has 0 radical (unpaired) electrons. The van der Waals surface area contributed by atoms with Crippen LogP contribution in [0.25, 0.3) is 0 Å². The third kappa shape index (κ3) is 4.74. The van der Waals surface area contributed by atoms with Crippen LogP contribution in [0, 0.1) is 12.7 Å². The summed E-state index contributed by atoms with van der Waals surface area (Å²) in [6.45, 7) is 7.13. The molecule has 1 amide bonds. The van der Waals surface area contributed by atoms with Crippen molar-refractivity contribution in [2.24, 2.45) is 0 Å². The fraction of sp³-hybridized carbons (Fsp3) is 0.320. The van der Waals surface area contributed by atoms with E-state index in [0.717, 1.165) is 11.1 Å². The summed E-state index contributed by atoms with van der Waals surface area (Å²) in [5, 5.41) is 2.79. The van der Waals surface area contributed by atoms with Crippen molar-refractivity contribution in [3.63, 3.8) is 0 Å². The van der Waals surface area contributed by atoms with E-state index in [0.29, 0.717) is 24.6 Å². The van der Waals surface area contributed by atoms with E-state index in [1.807, 2.05) is 49.1 Å². The molecule has 33 heavy (non-hydrogen) atoms. The Bertz CT molecular complexity index is 1220. The second kappa shape index (κ2) is 9.44. The first kappa shape index (κ1) is 22.5. The Morgan fingerprint density at radius 3 is 2.61 bits per heavy atom. The topological polar surface area (TPSA) is 76.5 Å². The largest absolute Gasteiger partial charge is 0.481 e. The monoisotopic (exact) mass is 450 g/mol. The number of aryl methyl sites for hydroxylation is 1. The Labute approximate surface area is 191 Å². The molecule has 2 aromatic carbocycles. The summed E-state index contributed by atoms with van der Waals surface area (Å²) in [5.41, 5.74) is 1.69. The highest BCUT2D eigenvalue weighted by Gasteiger charge is 2.30. The molecule has 0 bridgehead atoms. The summed E-state index contributed by atoms with van der Waals surface area (Å²) >= 11 is 0. The Morgan fingerprint density at radius 1 is 1.15 bits per heavy atom. The number of hydrogen-bond acceptors (Lipinski definition) is 5. The molecule has 0 spiro atoms. The van der Waals surface area contributed by atoms with Gasteiger partial charge < -0.3 is 15.0 Å². The Balaban J connectivity index is 1.65. The average molecular weight is 451 g/mol. The number of aromatic nitrogens is 2. The first-order chi connectivity index (χ1) is 15.8. The maximum absolute atomic E-state index is 13.6. The highest BCUT2D eigenvalue weighted by molar-refractivity contribution is 5.95. The number of hydrogen-bond donors (Lipinski definition) is 1. The third-order valence-electron chi connectivity index (χ3n) is 5.67. The summed E-state index contributed by atoms with van der Waals surface area (Å²) in [5.74, 6) is -0.425. The number of nitrogens with one attached hydrogen (secondary N) is 1. The van der Waals surface area contributed by atoms with Crippen LogP contribution in [0.1, 0.15) is 41.0 Å². The minimum atomic E-state index is -0.517. The Hall–Kier alpha value is -3.68. The molecule has 0 saturated heterocycles. The molecule has 4 rings (SSSR count). The molecule has 0 atom stereocenters. The van der Waals surface area contributed by atoms with Crippen molar-refractivity contribution in [3.8, 4) is 5.75 Å². The van der Waals surface area contributed by atoms with Gasteiger partial charge in [-0.25, -0.2) is 9.37 Å². The Morgan fingerprint density at radius 2 is 1.91 bits per heavy atom. The molecule has 0 unspecified atom stereocenters. The first-order valence-electron chi connectivity index (χ1n) is 11.0. The number of carbonyl (C=O) groups is 1. The van der Waals surface area contributed by atoms with E-state index < -0.39 is 5.91 Å². The summed E-state index contributed by atoms with van der Waals surface area (Å²) in [6.07, 6.45) is 0. The van der Waals surface area contributed by atoms with E-state index in [9.17, 15) is 14.0 Å². The van der Waals surface area contributed by atoms with E-state index in [1.54, 1.807) is 23.6 Å². The van der Waals surface area contributed by atoms with Gasteiger partial charge in [0.15, 0.2) is 5.69 Å². The number of anilines is 1. The van der Waals surface area contributed by atoms with Crippen LogP contribution < -0.4 is 20.5 Å². The van der Waals surface area contributed by atoms with Gasteiger partial charge in [0, 0.05) is 25.7 Å². The van der Waals surface area contributed by atoms with Crippen LogP contribution in [0.4, 0.5) is 10.3 Å². The summed E-state index contributed by atoms with van der Waals surface area (Å²) in [4.78, 5) is 33.0. The highest BCUT2D eigenvalue weighted by Crippen LogP contribution is 2.24. The quantitative estimate of drug-likeness (QED) is 0.597. The van der Waals surface area contributed by atoms with Crippen LogP contribution in [-0.4, -0.2) is 28.0 Å². The van der Waals surface area contributed by atoms with Crippen LogP contribution in [-0.2, 0) is 19.7 Å². The van der Waals surface area contributed by atoms with Gasteiger partial charge in [0.1, 0.15) is 12.4 Å². The van der Waals surface area contributed by atoms with Crippen LogP contribution >= 0.6 is 0 Å². The minimum absolute atomic E-state index is 0.0476. The maximum Gasteiger partial charge on any atom is 0.298 e. The van der Waals surface area contributed by atoms with Crippen LogP contribution in [0.15, 0.2) is 53.3 Å². The Kier molecular flexibility index (Phi) is 6.44. The molecule has 1 aliphatic heterocycles. The maximum atomic E-state index is 13.6. The molecule has 1 aliphatic rings. The zero-order valence-electron chi connectivity index (χ0n) is 19.0. The van der Waals surface area contributed by atoms with E-state index in [1.165, 1.54) is 6.07 Å². The standard InChI is InChI=1S/C25H27FN4O3/c1-16(2)29-11-12-30-24(32)22(33-15-18-7-5-4-6-8-18)21(28-25(29)30)23(31)27-14-19-9-10-20(26)17(3)13-19/h4-10,13,16H,11-12,14-15H2,1-3H3,(H,27,31). The molecular weight excluding hydrogens is 423 g/mol. The van der Waals surface area contributed by atoms with Crippen molar-refractivity contribution in [2.45, 2.75) is 46.5 Å². The van der Waals surface area contributed by atoms with E-state index in [-0.39, 0.29) is 42.0 Å². The van der Waals surface area contributed by atoms with Gasteiger partial charge in [-0.2, -0.15) is 0 Å². The molecule has 0 aliphatic carbocycles. The van der Waals surface area contributed by atoms with E-state index in [2.05, 4.69) is 10.3 Å². The van der Waals surface area contributed by atoms with Gasteiger partial charge in [-0.15, -0.1) is 0 Å².